The summed E-state index contributed by atoms with van der Waals surface area (Å²) in [4.78, 5) is 4.08. The van der Waals surface area contributed by atoms with Gasteiger partial charge in [0.2, 0.25) is 5.95 Å². The highest BCUT2D eigenvalue weighted by molar-refractivity contribution is 5.80. The number of hydrogen-bond donors (Lipinski definition) is 1. The summed E-state index contributed by atoms with van der Waals surface area (Å²) in [5.41, 5.74) is 7.03. The highest BCUT2D eigenvalue weighted by Gasteiger charge is 2.22. The average molecular weight is 281 g/mol. The Bertz CT molecular complexity index is 834. The predicted octanol–water partition coefficient (Wildman–Crippen LogP) is 2.07. The van der Waals surface area contributed by atoms with Gasteiger partial charge in [-0.3, -0.25) is 4.57 Å². The van der Waals surface area contributed by atoms with Crippen molar-refractivity contribution in [3.8, 4) is 5.69 Å². The minimum absolute atomic E-state index is 0.0268. The predicted molar refractivity (Wildman–Crippen MR) is 66.9 cm³/mol. The third-order valence-electron chi connectivity index (χ3n) is 3.08. The number of hydrogen-bond acceptors (Lipinski definition) is 3. The van der Waals surface area contributed by atoms with E-state index in [0.29, 0.717) is 16.9 Å². The molecule has 5 nitrogen and oxygen atoms in total. The molecule has 0 fully saturated rings. The molecule has 0 unspecified atom stereocenters. The molecular formula is C12H10F3N5. The number of anilines is 1. The number of nitrogen functional groups attached to an aromatic ring is 1. The van der Waals surface area contributed by atoms with Gasteiger partial charge in [0.1, 0.15) is 5.52 Å². The van der Waals surface area contributed by atoms with Crippen molar-refractivity contribution in [2.75, 3.05) is 5.73 Å². The van der Waals surface area contributed by atoms with Crippen molar-refractivity contribution in [1.29, 1.82) is 0 Å². The molecule has 8 heteroatoms. The van der Waals surface area contributed by atoms with Gasteiger partial charge in [-0.25, -0.2) is 22.8 Å². The normalized spacial score (nSPS) is 11.4. The summed E-state index contributed by atoms with van der Waals surface area (Å²) in [5, 5.41) is 4.13. The first-order valence-corrected chi connectivity index (χ1v) is 5.73. The maximum absolute atomic E-state index is 13.9. The Morgan fingerprint density at radius 3 is 2.55 bits per heavy atom. The van der Waals surface area contributed by atoms with E-state index in [0.717, 1.165) is 12.1 Å². The molecule has 104 valence electrons. The van der Waals surface area contributed by atoms with Crippen molar-refractivity contribution >= 4 is 17.1 Å². The Kier molecular flexibility index (Phi) is 2.50. The van der Waals surface area contributed by atoms with Gasteiger partial charge in [0.05, 0.1) is 11.4 Å². The van der Waals surface area contributed by atoms with Gasteiger partial charge in [-0.2, -0.15) is 5.10 Å². The molecule has 0 radical (unpaired) electrons. The molecule has 3 rings (SSSR count). The molecular weight excluding hydrogens is 271 g/mol. The first-order chi connectivity index (χ1) is 9.41. The van der Waals surface area contributed by atoms with Gasteiger partial charge in [-0.1, -0.05) is 0 Å². The molecule has 3 aromatic rings. The van der Waals surface area contributed by atoms with E-state index in [1.165, 1.54) is 9.25 Å². The van der Waals surface area contributed by atoms with Crippen LogP contribution in [0.1, 0.15) is 5.69 Å². The first-order valence-electron chi connectivity index (χ1n) is 5.73. The molecule has 0 atom stereocenters. The van der Waals surface area contributed by atoms with Crippen molar-refractivity contribution < 1.29 is 13.2 Å². The second kappa shape index (κ2) is 3.99. The van der Waals surface area contributed by atoms with Crippen molar-refractivity contribution in [2.24, 2.45) is 7.05 Å². The van der Waals surface area contributed by atoms with Gasteiger partial charge in [0.15, 0.2) is 23.1 Å². The number of fused-ring (bicyclic) bond motifs is 1. The second-order valence-electron chi connectivity index (χ2n) is 4.38. The van der Waals surface area contributed by atoms with Gasteiger partial charge in [0, 0.05) is 7.05 Å². The molecule has 0 aliphatic heterocycles. The number of benzene rings is 1. The molecule has 0 amide bonds. The average Bonchev–Trinajstić information content (AvgIpc) is 2.86. The summed E-state index contributed by atoms with van der Waals surface area (Å²) in [5.74, 6) is -4.17. The smallest absolute Gasteiger partial charge is 0.207 e. The molecule has 1 aromatic carbocycles. The number of imidazole rings is 1. The van der Waals surface area contributed by atoms with Crippen LogP contribution in [-0.2, 0) is 7.05 Å². The molecule has 0 aliphatic carbocycles. The molecule has 0 saturated heterocycles. The monoisotopic (exact) mass is 281 g/mol. The molecule has 2 aromatic heterocycles. The number of rotatable bonds is 1. The molecule has 0 aliphatic rings. The summed E-state index contributed by atoms with van der Waals surface area (Å²) in [6.45, 7) is 1.72. The Balaban J connectivity index is 2.41. The van der Waals surface area contributed by atoms with E-state index >= 15 is 0 Å². The van der Waals surface area contributed by atoms with E-state index in [-0.39, 0.29) is 11.6 Å². The van der Waals surface area contributed by atoms with Crippen LogP contribution in [0.2, 0.25) is 0 Å². The first kappa shape index (κ1) is 12.5. The van der Waals surface area contributed by atoms with Crippen molar-refractivity contribution in [3.63, 3.8) is 0 Å². The van der Waals surface area contributed by atoms with E-state index in [1.807, 2.05) is 0 Å². The van der Waals surface area contributed by atoms with E-state index in [2.05, 4.69) is 10.1 Å². The van der Waals surface area contributed by atoms with Crippen LogP contribution in [0.5, 0.6) is 0 Å². The summed E-state index contributed by atoms with van der Waals surface area (Å²) in [6.07, 6.45) is 0. The van der Waals surface area contributed by atoms with E-state index in [1.54, 1.807) is 14.0 Å². The van der Waals surface area contributed by atoms with Crippen LogP contribution in [-0.4, -0.2) is 19.3 Å². The number of halogens is 3. The van der Waals surface area contributed by atoms with Gasteiger partial charge >= 0.3 is 0 Å². The fraction of sp³-hybridized carbons (Fsp3) is 0.167. The highest BCUT2D eigenvalue weighted by atomic mass is 19.2. The van der Waals surface area contributed by atoms with Crippen LogP contribution >= 0.6 is 0 Å². The van der Waals surface area contributed by atoms with Crippen LogP contribution in [0.15, 0.2) is 12.1 Å². The number of aryl methyl sites for hydroxylation is 2. The van der Waals surface area contributed by atoms with E-state index in [4.69, 9.17) is 5.73 Å². The van der Waals surface area contributed by atoms with E-state index in [9.17, 15) is 13.2 Å². The Labute approximate surface area is 111 Å². The number of nitrogens with zero attached hydrogens (tertiary/aromatic N) is 4. The SMILES string of the molecule is Cc1nn(C)c2c1nc(N)n2-c1ccc(F)c(F)c1F. The van der Waals surface area contributed by atoms with Crippen molar-refractivity contribution in [3.05, 3.63) is 35.3 Å². The minimum Gasteiger partial charge on any atom is -0.369 e. The molecule has 0 bridgehead atoms. The zero-order valence-electron chi connectivity index (χ0n) is 10.7. The van der Waals surface area contributed by atoms with Crippen molar-refractivity contribution in [2.45, 2.75) is 6.92 Å². The number of aromatic nitrogens is 4. The quantitative estimate of drug-likeness (QED) is 0.694. The summed E-state index contributed by atoms with van der Waals surface area (Å²) < 4.78 is 43.0. The largest absolute Gasteiger partial charge is 0.369 e. The fourth-order valence-corrected chi connectivity index (χ4v) is 2.22. The molecule has 2 N–H and O–H groups in total. The van der Waals surface area contributed by atoms with E-state index < -0.39 is 17.5 Å². The van der Waals surface area contributed by atoms with Gasteiger partial charge in [-0.15, -0.1) is 0 Å². The lowest BCUT2D eigenvalue weighted by molar-refractivity contribution is 0.445. The minimum atomic E-state index is -1.55. The summed E-state index contributed by atoms with van der Waals surface area (Å²) in [6, 6.07) is 1.94. The molecule has 20 heavy (non-hydrogen) atoms. The Morgan fingerprint density at radius 2 is 1.85 bits per heavy atom. The maximum atomic E-state index is 13.9. The fourth-order valence-electron chi connectivity index (χ4n) is 2.22. The third-order valence-corrected chi connectivity index (χ3v) is 3.08. The van der Waals surface area contributed by atoms with Gasteiger partial charge in [0.25, 0.3) is 0 Å². The zero-order chi connectivity index (χ0) is 14.6. The van der Waals surface area contributed by atoms with Crippen LogP contribution < -0.4 is 5.73 Å². The van der Waals surface area contributed by atoms with Gasteiger partial charge < -0.3 is 5.73 Å². The maximum Gasteiger partial charge on any atom is 0.207 e. The van der Waals surface area contributed by atoms with Gasteiger partial charge in [-0.05, 0) is 19.1 Å². The third kappa shape index (κ3) is 1.50. The lowest BCUT2D eigenvalue weighted by atomic mass is 10.2. The molecule has 0 spiro atoms. The van der Waals surface area contributed by atoms with Crippen LogP contribution in [0.3, 0.4) is 0 Å². The van der Waals surface area contributed by atoms with Crippen LogP contribution in [0.4, 0.5) is 19.1 Å². The zero-order valence-corrected chi connectivity index (χ0v) is 10.7. The topological polar surface area (TPSA) is 61.7 Å². The van der Waals surface area contributed by atoms with Crippen LogP contribution in [0.25, 0.3) is 16.9 Å². The highest BCUT2D eigenvalue weighted by Crippen LogP contribution is 2.27. The second-order valence-corrected chi connectivity index (χ2v) is 4.38. The summed E-state index contributed by atoms with van der Waals surface area (Å²) >= 11 is 0. The Hall–Kier alpha value is -2.51. The van der Waals surface area contributed by atoms with Crippen molar-refractivity contribution in [1.82, 2.24) is 19.3 Å². The lowest BCUT2D eigenvalue weighted by Crippen LogP contribution is -2.08. The number of nitrogens with two attached hydrogens (primary N) is 1. The van der Waals surface area contributed by atoms with Crippen LogP contribution in [0, 0.1) is 24.4 Å². The lowest BCUT2D eigenvalue weighted by Gasteiger charge is -2.09. The standard InChI is InChI=1S/C12H10F3N5/c1-5-10-11(19(2)18-5)20(12(16)17-10)7-4-3-6(13)8(14)9(7)15/h3-4H,1-2H3,(H2,16,17). The molecule has 2 heterocycles. The summed E-state index contributed by atoms with van der Waals surface area (Å²) in [7, 11) is 1.63. The molecule has 0 saturated carbocycles. The Morgan fingerprint density at radius 1 is 1.15 bits per heavy atom.